The van der Waals surface area contributed by atoms with E-state index in [1.54, 1.807) is 13.0 Å². The summed E-state index contributed by atoms with van der Waals surface area (Å²) in [6.07, 6.45) is -3.11. The summed E-state index contributed by atoms with van der Waals surface area (Å²) in [5, 5.41) is 5.78. The van der Waals surface area contributed by atoms with E-state index in [1.165, 1.54) is 18.2 Å². The topological polar surface area (TPSA) is 121 Å². The first-order chi connectivity index (χ1) is 16.5. The fraction of sp³-hybridized carbons (Fsp3) is 0.0952. The molecule has 1 aromatic carbocycles. The summed E-state index contributed by atoms with van der Waals surface area (Å²) in [6, 6.07) is 7.63. The molecule has 0 atom stereocenters. The predicted molar refractivity (Wildman–Crippen MR) is 117 cm³/mol. The van der Waals surface area contributed by atoms with Gasteiger partial charge in [0.2, 0.25) is 5.88 Å². The quantitative estimate of drug-likeness (QED) is 0.372. The minimum absolute atomic E-state index is 0.0807. The summed E-state index contributed by atoms with van der Waals surface area (Å²) in [5.74, 6) is -2.84. The van der Waals surface area contributed by atoms with Crippen molar-refractivity contribution in [1.29, 1.82) is 0 Å². The van der Waals surface area contributed by atoms with Gasteiger partial charge in [-0.05, 0) is 31.2 Å². The molecule has 3 heterocycles. The number of nitrogens with two attached hydrogens (primary N) is 1. The van der Waals surface area contributed by atoms with E-state index < -0.39 is 29.2 Å². The number of hydrogen-bond acceptors (Lipinski definition) is 7. The number of alkyl halides is 3. The number of anilines is 2. The van der Waals surface area contributed by atoms with E-state index in [4.69, 9.17) is 22.1 Å². The van der Waals surface area contributed by atoms with Crippen LogP contribution >= 0.6 is 11.6 Å². The Morgan fingerprint density at radius 1 is 1.20 bits per heavy atom. The number of carbonyl (C=O) groups excluding carboxylic acids is 1. The van der Waals surface area contributed by atoms with Crippen molar-refractivity contribution in [3.63, 3.8) is 0 Å². The molecule has 9 nitrogen and oxygen atoms in total. The summed E-state index contributed by atoms with van der Waals surface area (Å²) in [4.78, 5) is 24.1. The Morgan fingerprint density at radius 2 is 1.97 bits per heavy atom. The first-order valence-corrected chi connectivity index (χ1v) is 10.1. The van der Waals surface area contributed by atoms with Gasteiger partial charge in [-0.1, -0.05) is 17.7 Å². The monoisotopic (exact) mass is 507 g/mol. The van der Waals surface area contributed by atoms with Gasteiger partial charge in [-0.25, -0.2) is 19.0 Å². The van der Waals surface area contributed by atoms with Gasteiger partial charge in [-0.2, -0.15) is 23.3 Å². The van der Waals surface area contributed by atoms with Gasteiger partial charge >= 0.3 is 6.18 Å². The lowest BCUT2D eigenvalue weighted by Gasteiger charge is -2.13. The van der Waals surface area contributed by atoms with Gasteiger partial charge in [0.25, 0.3) is 5.91 Å². The molecule has 14 heteroatoms. The molecule has 4 rings (SSSR count). The van der Waals surface area contributed by atoms with Crippen LogP contribution in [0.1, 0.15) is 21.7 Å². The average molecular weight is 508 g/mol. The molecule has 0 aliphatic carbocycles. The number of pyridine rings is 1. The van der Waals surface area contributed by atoms with Crippen LogP contribution in [0.4, 0.5) is 29.1 Å². The fourth-order valence-electron chi connectivity index (χ4n) is 3.01. The van der Waals surface area contributed by atoms with Crippen LogP contribution in [0.3, 0.4) is 0 Å². The molecule has 0 aliphatic heterocycles. The Morgan fingerprint density at radius 3 is 2.66 bits per heavy atom. The van der Waals surface area contributed by atoms with Gasteiger partial charge in [0.05, 0.1) is 11.8 Å². The molecule has 0 unspecified atom stereocenters. The van der Waals surface area contributed by atoms with Crippen molar-refractivity contribution in [2.45, 2.75) is 13.1 Å². The van der Waals surface area contributed by atoms with Gasteiger partial charge in [-0.15, -0.1) is 0 Å². The van der Waals surface area contributed by atoms with Crippen molar-refractivity contribution in [3.05, 3.63) is 76.7 Å². The van der Waals surface area contributed by atoms with E-state index in [0.717, 1.165) is 24.7 Å². The van der Waals surface area contributed by atoms with Crippen LogP contribution in [0.25, 0.3) is 5.82 Å². The summed E-state index contributed by atoms with van der Waals surface area (Å²) >= 11 is 5.91. The highest BCUT2D eigenvalue weighted by atomic mass is 35.5. The van der Waals surface area contributed by atoms with Crippen LogP contribution in [0.2, 0.25) is 5.02 Å². The molecule has 180 valence electrons. The SMILES string of the molecule is Cc1cccc(-n2ncc(C(=O)Nc3ccc(Oc4ncnc(N)c4Cl)c(F)c3)c2C(F)(F)F)n1. The zero-order chi connectivity index (χ0) is 25.3. The molecule has 0 radical (unpaired) electrons. The zero-order valence-corrected chi connectivity index (χ0v) is 18.4. The number of halogens is 5. The Bertz CT molecular complexity index is 1430. The maximum atomic E-state index is 14.6. The molecule has 0 bridgehead atoms. The average Bonchev–Trinajstić information content (AvgIpc) is 3.25. The second-order valence-corrected chi connectivity index (χ2v) is 7.41. The van der Waals surface area contributed by atoms with E-state index >= 15 is 0 Å². The first-order valence-electron chi connectivity index (χ1n) is 9.68. The number of hydrogen-bond donors (Lipinski definition) is 2. The van der Waals surface area contributed by atoms with E-state index in [0.29, 0.717) is 10.4 Å². The third-order valence-electron chi connectivity index (χ3n) is 4.55. The predicted octanol–water partition coefficient (Wildman–Crippen LogP) is 4.80. The lowest BCUT2D eigenvalue weighted by atomic mass is 10.2. The Balaban J connectivity index is 1.60. The van der Waals surface area contributed by atoms with Crippen LogP contribution in [0.15, 0.2) is 48.9 Å². The Kier molecular flexibility index (Phi) is 6.26. The molecule has 0 fully saturated rings. The molecule has 1 amide bonds. The molecular weight excluding hydrogens is 494 g/mol. The van der Waals surface area contributed by atoms with Crippen molar-refractivity contribution in [2.75, 3.05) is 11.1 Å². The molecule has 0 spiro atoms. The van der Waals surface area contributed by atoms with Crippen molar-refractivity contribution >= 4 is 29.0 Å². The van der Waals surface area contributed by atoms with E-state index in [1.807, 2.05) is 0 Å². The van der Waals surface area contributed by atoms with Crippen molar-refractivity contribution < 1.29 is 27.1 Å². The van der Waals surface area contributed by atoms with Gasteiger partial charge < -0.3 is 15.8 Å². The molecule has 3 aromatic heterocycles. The van der Waals surface area contributed by atoms with Gasteiger partial charge in [-0.3, -0.25) is 4.79 Å². The standard InChI is InChI=1S/C21H14ClF4N7O2/c1-10-3-2-4-15(31-10)33-17(21(24,25)26)12(8-30-33)19(34)32-11-5-6-14(13(23)7-11)35-20-16(22)18(27)28-9-29-20/h2-9H,1H3,(H,32,34)(H2,27,28,29). The van der Waals surface area contributed by atoms with Crippen LogP contribution in [-0.4, -0.2) is 30.6 Å². The Labute approximate surface area is 199 Å². The third-order valence-corrected chi connectivity index (χ3v) is 4.91. The fourth-order valence-corrected chi connectivity index (χ4v) is 3.15. The maximum Gasteiger partial charge on any atom is 0.434 e. The number of rotatable bonds is 5. The molecule has 4 aromatic rings. The number of carbonyl (C=O) groups is 1. The number of nitrogens with zero attached hydrogens (tertiary/aromatic N) is 5. The summed E-state index contributed by atoms with van der Waals surface area (Å²) in [6.45, 7) is 1.60. The molecule has 0 aliphatic rings. The number of amides is 1. The summed E-state index contributed by atoms with van der Waals surface area (Å²) in [7, 11) is 0. The molecule has 0 saturated heterocycles. The summed E-state index contributed by atoms with van der Waals surface area (Å²) < 4.78 is 61.9. The maximum absolute atomic E-state index is 14.6. The number of aryl methyl sites for hydroxylation is 1. The first kappa shape index (κ1) is 23.9. The van der Waals surface area contributed by atoms with E-state index in [9.17, 15) is 22.4 Å². The number of aromatic nitrogens is 5. The smallest absolute Gasteiger partial charge is 0.434 e. The van der Waals surface area contributed by atoms with Crippen LogP contribution in [0.5, 0.6) is 11.6 Å². The van der Waals surface area contributed by atoms with Crippen LogP contribution in [0, 0.1) is 12.7 Å². The van der Waals surface area contributed by atoms with Crippen molar-refractivity contribution in [1.82, 2.24) is 24.7 Å². The van der Waals surface area contributed by atoms with Gasteiger partial charge in [0.15, 0.2) is 23.1 Å². The normalized spacial score (nSPS) is 11.4. The molecule has 35 heavy (non-hydrogen) atoms. The highest BCUT2D eigenvalue weighted by molar-refractivity contribution is 6.34. The minimum Gasteiger partial charge on any atom is -0.434 e. The zero-order valence-electron chi connectivity index (χ0n) is 17.6. The number of nitrogen functional groups attached to an aromatic ring is 1. The number of benzene rings is 1. The van der Waals surface area contributed by atoms with Crippen LogP contribution in [-0.2, 0) is 6.18 Å². The second kappa shape index (κ2) is 9.18. The second-order valence-electron chi connectivity index (χ2n) is 7.03. The lowest BCUT2D eigenvalue weighted by molar-refractivity contribution is -0.143. The highest BCUT2D eigenvalue weighted by Gasteiger charge is 2.41. The van der Waals surface area contributed by atoms with E-state index in [2.05, 4.69) is 25.4 Å². The Hall–Kier alpha value is -4.26. The molecule has 0 saturated carbocycles. The van der Waals surface area contributed by atoms with E-state index in [-0.39, 0.29) is 34.0 Å². The molecule has 3 N–H and O–H groups in total. The summed E-state index contributed by atoms with van der Waals surface area (Å²) in [5.41, 5.74) is 3.76. The van der Waals surface area contributed by atoms with Crippen molar-refractivity contribution in [3.8, 4) is 17.4 Å². The number of nitrogens with one attached hydrogen (secondary N) is 1. The van der Waals surface area contributed by atoms with Gasteiger partial charge in [0.1, 0.15) is 17.2 Å². The largest absolute Gasteiger partial charge is 0.434 e. The number of ether oxygens (including phenoxy) is 1. The van der Waals surface area contributed by atoms with Crippen LogP contribution < -0.4 is 15.8 Å². The lowest BCUT2D eigenvalue weighted by Crippen LogP contribution is -2.21. The third kappa shape index (κ3) is 4.99. The van der Waals surface area contributed by atoms with Gasteiger partial charge in [0, 0.05) is 17.4 Å². The van der Waals surface area contributed by atoms with Crippen molar-refractivity contribution in [2.24, 2.45) is 0 Å². The minimum atomic E-state index is -4.93. The highest BCUT2D eigenvalue weighted by Crippen LogP contribution is 2.35. The molecular formula is C21H14ClF4N7O2.